The average Bonchev–Trinajstić information content (AvgIpc) is 2.59. The topological polar surface area (TPSA) is 60.8 Å². The van der Waals surface area contributed by atoms with E-state index in [0.29, 0.717) is 5.75 Å². The lowest BCUT2D eigenvalue weighted by atomic mass is 9.82. The summed E-state index contributed by atoms with van der Waals surface area (Å²) in [7, 11) is 2.15. The Morgan fingerprint density at radius 2 is 2.00 bits per heavy atom. The largest absolute Gasteiger partial charge is 0.508 e. The number of nitrogens with zero attached hydrogens (tertiary/aromatic N) is 1. The van der Waals surface area contributed by atoms with Crippen molar-refractivity contribution in [1.82, 2.24) is 4.90 Å². The van der Waals surface area contributed by atoms with Gasteiger partial charge in [-0.2, -0.15) is 0 Å². The molecule has 1 aromatic carbocycles. The van der Waals surface area contributed by atoms with Gasteiger partial charge in [0.2, 0.25) is 0 Å². The van der Waals surface area contributed by atoms with Crippen molar-refractivity contribution in [2.75, 3.05) is 20.1 Å². The van der Waals surface area contributed by atoms with Crippen molar-refractivity contribution < 1.29 is 15.0 Å². The molecule has 2 N–H and O–H groups in total. The molecular weight excluding hydrogens is 266 g/mol. The van der Waals surface area contributed by atoms with Crippen LogP contribution in [0.15, 0.2) is 24.3 Å². The summed E-state index contributed by atoms with van der Waals surface area (Å²) >= 11 is 0. The molecule has 1 aliphatic heterocycles. The van der Waals surface area contributed by atoms with Gasteiger partial charge in [-0.15, -0.1) is 12.4 Å². The highest BCUT2D eigenvalue weighted by Gasteiger charge is 2.33. The molecule has 0 saturated carbocycles. The first-order valence-electron chi connectivity index (χ1n) is 6.01. The summed E-state index contributed by atoms with van der Waals surface area (Å²) in [6.07, 6.45) is 1.17. The SMILES string of the molecule is CC(=O)O.CN1CCC(C)(c2cccc(O)c2)C1.Cl. The van der Waals surface area contributed by atoms with Crippen LogP contribution in [0.25, 0.3) is 0 Å². The van der Waals surface area contributed by atoms with Gasteiger partial charge in [-0.1, -0.05) is 19.1 Å². The van der Waals surface area contributed by atoms with Gasteiger partial charge < -0.3 is 15.1 Å². The van der Waals surface area contributed by atoms with Crippen LogP contribution in [0.3, 0.4) is 0 Å². The maximum atomic E-state index is 9.44. The fraction of sp³-hybridized carbons (Fsp3) is 0.500. The lowest BCUT2D eigenvalue weighted by molar-refractivity contribution is -0.134. The zero-order valence-electron chi connectivity index (χ0n) is 11.6. The Hall–Kier alpha value is -1.26. The van der Waals surface area contributed by atoms with Crippen molar-refractivity contribution >= 4 is 18.4 Å². The summed E-state index contributed by atoms with van der Waals surface area (Å²) in [6.45, 7) is 5.58. The first kappa shape index (κ1) is 17.7. The summed E-state index contributed by atoms with van der Waals surface area (Å²) in [4.78, 5) is 11.3. The molecule has 1 aliphatic rings. The molecule has 0 bridgehead atoms. The second kappa shape index (κ2) is 7.36. The standard InChI is InChI=1S/C12H17NO.C2H4O2.ClH/c1-12(6-7-13(2)9-12)10-4-3-5-11(14)8-10;1-2(3)4;/h3-5,8,14H,6-7,9H2,1-2H3;1H3,(H,3,4);1H. The average molecular weight is 288 g/mol. The van der Waals surface area contributed by atoms with Crippen LogP contribution in [0.5, 0.6) is 5.75 Å². The third kappa shape index (κ3) is 5.49. The van der Waals surface area contributed by atoms with Gasteiger partial charge in [-0.3, -0.25) is 4.79 Å². The van der Waals surface area contributed by atoms with Crippen molar-refractivity contribution in [3.05, 3.63) is 29.8 Å². The van der Waals surface area contributed by atoms with E-state index >= 15 is 0 Å². The van der Waals surface area contributed by atoms with Crippen LogP contribution in [-0.4, -0.2) is 41.2 Å². The number of carboxylic acid groups (broad SMARTS) is 1. The Labute approximate surface area is 120 Å². The van der Waals surface area contributed by atoms with E-state index < -0.39 is 5.97 Å². The van der Waals surface area contributed by atoms with E-state index in [4.69, 9.17) is 9.90 Å². The molecule has 1 fully saturated rings. The van der Waals surface area contributed by atoms with E-state index in [1.54, 1.807) is 6.07 Å². The second-order valence-corrected chi connectivity index (χ2v) is 5.12. The third-order valence-corrected chi connectivity index (χ3v) is 3.21. The van der Waals surface area contributed by atoms with Crippen LogP contribution in [-0.2, 0) is 10.2 Å². The van der Waals surface area contributed by atoms with Crippen LogP contribution >= 0.6 is 12.4 Å². The minimum atomic E-state index is -0.833. The summed E-state index contributed by atoms with van der Waals surface area (Å²) < 4.78 is 0. The van der Waals surface area contributed by atoms with Crippen LogP contribution in [0.1, 0.15) is 25.8 Å². The van der Waals surface area contributed by atoms with Gasteiger partial charge >= 0.3 is 0 Å². The molecule has 0 aliphatic carbocycles. The van der Waals surface area contributed by atoms with Gasteiger partial charge in [0.05, 0.1) is 0 Å². The number of likely N-dealkylation sites (tertiary alicyclic amines) is 1. The van der Waals surface area contributed by atoms with Gasteiger partial charge in [-0.25, -0.2) is 0 Å². The second-order valence-electron chi connectivity index (χ2n) is 5.12. The van der Waals surface area contributed by atoms with Gasteiger partial charge in [0.15, 0.2) is 0 Å². The van der Waals surface area contributed by atoms with E-state index in [9.17, 15) is 5.11 Å². The number of carboxylic acids is 1. The zero-order chi connectivity index (χ0) is 13.8. The Bertz CT molecular complexity index is 421. The van der Waals surface area contributed by atoms with Crippen molar-refractivity contribution in [3.63, 3.8) is 0 Å². The molecule has 0 spiro atoms. The molecule has 0 aromatic heterocycles. The number of aliphatic carboxylic acids is 1. The monoisotopic (exact) mass is 287 g/mol. The highest BCUT2D eigenvalue weighted by molar-refractivity contribution is 5.85. The normalized spacial score (nSPS) is 22.1. The Balaban J connectivity index is 0.000000576. The van der Waals surface area contributed by atoms with E-state index in [1.165, 1.54) is 12.0 Å². The van der Waals surface area contributed by atoms with Crippen molar-refractivity contribution in [2.24, 2.45) is 0 Å². The van der Waals surface area contributed by atoms with Gasteiger partial charge in [0, 0.05) is 18.9 Å². The number of halogens is 1. The van der Waals surface area contributed by atoms with Crippen LogP contribution < -0.4 is 0 Å². The van der Waals surface area contributed by atoms with E-state index in [-0.39, 0.29) is 17.8 Å². The minimum Gasteiger partial charge on any atom is -0.508 e. The molecule has 1 heterocycles. The molecule has 0 amide bonds. The fourth-order valence-corrected chi connectivity index (χ4v) is 2.31. The number of phenols is 1. The first-order valence-corrected chi connectivity index (χ1v) is 6.01. The molecule has 1 unspecified atom stereocenters. The van der Waals surface area contributed by atoms with E-state index in [0.717, 1.165) is 20.0 Å². The predicted molar refractivity (Wildman–Crippen MR) is 78.1 cm³/mol. The summed E-state index contributed by atoms with van der Waals surface area (Å²) in [5.74, 6) is -0.460. The third-order valence-electron chi connectivity index (χ3n) is 3.21. The van der Waals surface area contributed by atoms with E-state index in [1.807, 2.05) is 12.1 Å². The lowest BCUT2D eigenvalue weighted by Gasteiger charge is -2.24. The maximum Gasteiger partial charge on any atom is 0.300 e. The molecule has 5 heteroatoms. The van der Waals surface area contributed by atoms with Gasteiger partial charge in [0.1, 0.15) is 5.75 Å². The van der Waals surface area contributed by atoms with E-state index in [2.05, 4.69) is 24.9 Å². The number of likely N-dealkylation sites (N-methyl/N-ethyl adjacent to an activating group) is 1. The molecule has 0 radical (unpaired) electrons. The molecule has 2 rings (SSSR count). The minimum absolute atomic E-state index is 0. The molecule has 1 aromatic rings. The number of benzene rings is 1. The van der Waals surface area contributed by atoms with Crippen LogP contribution in [0.2, 0.25) is 0 Å². The van der Waals surface area contributed by atoms with Crippen LogP contribution in [0.4, 0.5) is 0 Å². The number of rotatable bonds is 1. The number of aromatic hydroxyl groups is 1. The van der Waals surface area contributed by atoms with Crippen LogP contribution in [0, 0.1) is 0 Å². The van der Waals surface area contributed by atoms with Gasteiger partial charge in [0.25, 0.3) is 5.97 Å². The van der Waals surface area contributed by atoms with Crippen molar-refractivity contribution in [1.29, 1.82) is 0 Å². The molecule has 4 nitrogen and oxygen atoms in total. The predicted octanol–water partition coefficient (Wildman–Crippen LogP) is 2.50. The van der Waals surface area contributed by atoms with Crippen molar-refractivity contribution in [2.45, 2.75) is 25.7 Å². The number of hydrogen-bond donors (Lipinski definition) is 2. The molecule has 1 saturated heterocycles. The summed E-state index contributed by atoms with van der Waals surface area (Å²) in [6, 6.07) is 7.65. The molecular formula is C14H22ClNO3. The Morgan fingerprint density at radius 3 is 2.42 bits per heavy atom. The first-order chi connectivity index (χ1) is 8.33. The fourth-order valence-electron chi connectivity index (χ4n) is 2.31. The number of carbonyl (C=O) groups is 1. The highest BCUT2D eigenvalue weighted by atomic mass is 35.5. The quantitative estimate of drug-likeness (QED) is 0.833. The molecule has 19 heavy (non-hydrogen) atoms. The Kier molecular flexibility index (Phi) is 6.87. The molecule has 1 atom stereocenters. The Morgan fingerprint density at radius 1 is 1.42 bits per heavy atom. The smallest absolute Gasteiger partial charge is 0.300 e. The highest BCUT2D eigenvalue weighted by Crippen LogP contribution is 2.34. The van der Waals surface area contributed by atoms with Crippen molar-refractivity contribution in [3.8, 4) is 5.75 Å². The summed E-state index contributed by atoms with van der Waals surface area (Å²) in [5, 5.41) is 16.9. The number of phenolic OH excluding ortho intramolecular Hbond substituents is 1. The maximum absolute atomic E-state index is 9.44. The zero-order valence-corrected chi connectivity index (χ0v) is 12.4. The lowest BCUT2D eigenvalue weighted by Crippen LogP contribution is -2.25. The molecule has 108 valence electrons. The number of hydrogen-bond acceptors (Lipinski definition) is 3. The van der Waals surface area contributed by atoms with Gasteiger partial charge in [-0.05, 0) is 37.7 Å². The summed E-state index contributed by atoms with van der Waals surface area (Å²) in [5.41, 5.74) is 1.47.